The molecule has 0 aliphatic rings. The highest BCUT2D eigenvalue weighted by Gasteiger charge is 2.12. The van der Waals surface area contributed by atoms with Crippen molar-refractivity contribution in [1.82, 2.24) is 0 Å². The zero-order valence-corrected chi connectivity index (χ0v) is 16.1. The van der Waals surface area contributed by atoms with Crippen LogP contribution < -0.4 is 5.73 Å². The number of rotatable bonds is 12. The number of fused-ring (bicyclic) bond motifs is 1. The van der Waals surface area contributed by atoms with E-state index >= 15 is 0 Å². The van der Waals surface area contributed by atoms with Crippen molar-refractivity contribution < 1.29 is 9.90 Å². The fourth-order valence-electron chi connectivity index (χ4n) is 3.60. The lowest BCUT2D eigenvalue weighted by molar-refractivity contribution is 0.0999. The molecule has 0 bridgehead atoms. The van der Waals surface area contributed by atoms with E-state index in [9.17, 15) is 9.90 Å². The summed E-state index contributed by atoms with van der Waals surface area (Å²) in [4.78, 5) is 11.6. The molecule has 0 saturated carbocycles. The minimum Gasteiger partial charge on any atom is -0.507 e. The summed E-state index contributed by atoms with van der Waals surface area (Å²) in [7, 11) is 0. The van der Waals surface area contributed by atoms with Crippen molar-refractivity contribution in [3.63, 3.8) is 0 Å². The minimum absolute atomic E-state index is 0.0487. The van der Waals surface area contributed by atoms with E-state index in [1.165, 1.54) is 69.8 Å². The second-order valence-corrected chi connectivity index (χ2v) is 7.31. The summed E-state index contributed by atoms with van der Waals surface area (Å²) in [5.41, 5.74) is 6.88. The van der Waals surface area contributed by atoms with Crippen molar-refractivity contribution in [1.29, 1.82) is 0 Å². The fraction of sp³-hybridized carbons (Fsp3) is 0.522. The largest absolute Gasteiger partial charge is 0.507 e. The van der Waals surface area contributed by atoms with E-state index < -0.39 is 5.91 Å². The van der Waals surface area contributed by atoms with Crippen LogP contribution in [0.25, 0.3) is 10.8 Å². The molecular formula is C23H33NO2. The Kier molecular flexibility index (Phi) is 8.46. The van der Waals surface area contributed by atoms with Gasteiger partial charge < -0.3 is 10.8 Å². The highest BCUT2D eigenvalue weighted by atomic mass is 16.3. The van der Waals surface area contributed by atoms with Gasteiger partial charge in [-0.2, -0.15) is 0 Å². The number of nitrogens with two attached hydrogens (primary N) is 1. The molecule has 0 fully saturated rings. The second-order valence-electron chi connectivity index (χ2n) is 7.31. The Labute approximate surface area is 157 Å². The Bertz CT molecular complexity index is 709. The van der Waals surface area contributed by atoms with Gasteiger partial charge in [-0.3, -0.25) is 4.79 Å². The molecule has 0 aliphatic heterocycles. The van der Waals surface area contributed by atoms with E-state index in [1.54, 1.807) is 6.07 Å². The number of carbonyl (C=O) groups excluding carboxylic acids is 1. The third-order valence-electron chi connectivity index (χ3n) is 5.13. The first-order valence-corrected chi connectivity index (χ1v) is 10.2. The van der Waals surface area contributed by atoms with E-state index in [4.69, 9.17) is 5.73 Å². The molecular weight excluding hydrogens is 322 g/mol. The molecule has 0 aliphatic carbocycles. The Hall–Kier alpha value is -2.03. The maximum absolute atomic E-state index is 11.6. The standard InChI is InChI=1S/C23H33NO2/c1-2-3-4-5-6-7-8-9-10-11-12-18-13-15-20-19(17-18)14-16-21(25)22(20)23(24)26/h13-17,25H,2-12H2,1H3,(H2,24,26). The fourth-order valence-corrected chi connectivity index (χ4v) is 3.60. The first-order chi connectivity index (χ1) is 12.6. The summed E-state index contributed by atoms with van der Waals surface area (Å²) in [6, 6.07) is 9.45. The number of phenols is 1. The average Bonchev–Trinajstić information content (AvgIpc) is 2.63. The van der Waals surface area contributed by atoms with Crippen LogP contribution in [0.1, 0.15) is 87.1 Å². The van der Waals surface area contributed by atoms with Gasteiger partial charge in [-0.15, -0.1) is 0 Å². The molecule has 3 N–H and O–H groups in total. The van der Waals surface area contributed by atoms with Crippen molar-refractivity contribution in [2.45, 2.75) is 77.6 Å². The molecule has 142 valence electrons. The Morgan fingerprint density at radius 1 is 0.885 bits per heavy atom. The van der Waals surface area contributed by atoms with Gasteiger partial charge in [0.25, 0.3) is 5.91 Å². The predicted octanol–water partition coefficient (Wildman–Crippen LogP) is 6.11. The SMILES string of the molecule is CCCCCCCCCCCCc1ccc2c(C(N)=O)c(O)ccc2c1. The normalized spacial score (nSPS) is 11.1. The van der Waals surface area contributed by atoms with Gasteiger partial charge in [-0.1, -0.05) is 89.0 Å². The zero-order chi connectivity index (χ0) is 18.8. The van der Waals surface area contributed by atoms with Gasteiger partial charge in [0.15, 0.2) is 0 Å². The van der Waals surface area contributed by atoms with Gasteiger partial charge in [0.2, 0.25) is 0 Å². The molecule has 0 unspecified atom stereocenters. The number of benzene rings is 2. The van der Waals surface area contributed by atoms with E-state index in [-0.39, 0.29) is 11.3 Å². The number of amides is 1. The van der Waals surface area contributed by atoms with Crippen LogP contribution in [0.5, 0.6) is 5.75 Å². The van der Waals surface area contributed by atoms with Gasteiger partial charge in [-0.05, 0) is 35.2 Å². The van der Waals surface area contributed by atoms with Gasteiger partial charge in [0.05, 0.1) is 5.56 Å². The summed E-state index contributed by atoms with van der Waals surface area (Å²) in [6.45, 7) is 2.26. The number of aryl methyl sites for hydroxylation is 1. The van der Waals surface area contributed by atoms with Crippen molar-refractivity contribution in [2.75, 3.05) is 0 Å². The third kappa shape index (κ3) is 6.05. The van der Waals surface area contributed by atoms with Crippen LogP contribution in [0.3, 0.4) is 0 Å². The lowest BCUT2D eigenvalue weighted by atomic mass is 9.98. The first-order valence-electron chi connectivity index (χ1n) is 10.2. The second kappa shape index (κ2) is 10.8. The van der Waals surface area contributed by atoms with E-state index in [1.807, 2.05) is 18.2 Å². The van der Waals surface area contributed by atoms with E-state index in [2.05, 4.69) is 13.0 Å². The number of aromatic hydroxyl groups is 1. The van der Waals surface area contributed by atoms with Crippen molar-refractivity contribution in [3.05, 3.63) is 41.5 Å². The quantitative estimate of drug-likeness (QED) is 0.451. The number of unbranched alkanes of at least 4 members (excludes halogenated alkanes) is 9. The summed E-state index contributed by atoms with van der Waals surface area (Å²) in [6.07, 6.45) is 14.5. The number of primary amides is 1. The lowest BCUT2D eigenvalue weighted by Gasteiger charge is -2.08. The molecule has 2 rings (SSSR count). The van der Waals surface area contributed by atoms with E-state index in [0.29, 0.717) is 0 Å². The van der Waals surface area contributed by atoms with Crippen LogP contribution in [-0.2, 0) is 6.42 Å². The first kappa shape index (κ1) is 20.3. The van der Waals surface area contributed by atoms with E-state index in [0.717, 1.165) is 17.2 Å². The molecule has 0 saturated heterocycles. The van der Waals surface area contributed by atoms with Crippen molar-refractivity contribution in [3.8, 4) is 5.75 Å². The van der Waals surface area contributed by atoms with Crippen LogP contribution in [0, 0.1) is 0 Å². The molecule has 2 aromatic carbocycles. The van der Waals surface area contributed by atoms with Gasteiger partial charge in [0, 0.05) is 0 Å². The Morgan fingerprint density at radius 3 is 2.12 bits per heavy atom. The third-order valence-corrected chi connectivity index (χ3v) is 5.13. The summed E-state index contributed by atoms with van der Waals surface area (Å²) in [5.74, 6) is -0.636. The van der Waals surface area contributed by atoms with Crippen LogP contribution in [0.2, 0.25) is 0 Å². The number of hydrogen-bond donors (Lipinski definition) is 2. The van der Waals surface area contributed by atoms with Crippen molar-refractivity contribution in [2.24, 2.45) is 5.73 Å². The Balaban J connectivity index is 1.74. The molecule has 3 nitrogen and oxygen atoms in total. The molecule has 0 heterocycles. The van der Waals surface area contributed by atoms with Crippen LogP contribution in [-0.4, -0.2) is 11.0 Å². The van der Waals surface area contributed by atoms with Gasteiger partial charge in [0.1, 0.15) is 5.75 Å². The smallest absolute Gasteiger partial charge is 0.253 e. The summed E-state index contributed by atoms with van der Waals surface area (Å²) < 4.78 is 0. The zero-order valence-electron chi connectivity index (χ0n) is 16.1. The molecule has 0 spiro atoms. The van der Waals surface area contributed by atoms with Crippen molar-refractivity contribution >= 4 is 16.7 Å². The molecule has 1 amide bonds. The minimum atomic E-state index is -0.587. The maximum atomic E-state index is 11.6. The number of carbonyl (C=O) groups is 1. The van der Waals surface area contributed by atoms with Gasteiger partial charge >= 0.3 is 0 Å². The molecule has 0 aromatic heterocycles. The predicted molar refractivity (Wildman–Crippen MR) is 110 cm³/mol. The molecule has 3 heteroatoms. The molecule has 0 radical (unpaired) electrons. The number of hydrogen-bond acceptors (Lipinski definition) is 2. The monoisotopic (exact) mass is 355 g/mol. The molecule has 0 atom stereocenters. The average molecular weight is 356 g/mol. The maximum Gasteiger partial charge on any atom is 0.253 e. The highest BCUT2D eigenvalue weighted by Crippen LogP contribution is 2.28. The van der Waals surface area contributed by atoms with Gasteiger partial charge in [-0.25, -0.2) is 0 Å². The molecule has 2 aromatic rings. The summed E-state index contributed by atoms with van der Waals surface area (Å²) >= 11 is 0. The highest BCUT2D eigenvalue weighted by molar-refractivity contribution is 6.08. The molecule has 26 heavy (non-hydrogen) atoms. The van der Waals surface area contributed by atoms with Crippen LogP contribution in [0.15, 0.2) is 30.3 Å². The lowest BCUT2D eigenvalue weighted by Crippen LogP contribution is -2.11. The topological polar surface area (TPSA) is 63.3 Å². The van der Waals surface area contributed by atoms with Crippen LogP contribution in [0.4, 0.5) is 0 Å². The Morgan fingerprint density at radius 2 is 1.50 bits per heavy atom. The summed E-state index contributed by atoms with van der Waals surface area (Å²) in [5, 5.41) is 11.5. The van der Waals surface area contributed by atoms with Crippen LogP contribution >= 0.6 is 0 Å².